The maximum atomic E-state index is 15.0. The number of nitrogens with zero attached hydrogens (tertiary/aromatic N) is 4. The van der Waals surface area contributed by atoms with Crippen LogP contribution in [0.1, 0.15) is 33.3 Å². The predicted molar refractivity (Wildman–Crippen MR) is 151 cm³/mol. The van der Waals surface area contributed by atoms with Gasteiger partial charge in [-0.1, -0.05) is 18.2 Å². The van der Waals surface area contributed by atoms with E-state index in [4.69, 9.17) is 4.74 Å². The molecule has 8 nitrogen and oxygen atoms in total. The molecule has 2 heterocycles. The normalized spacial score (nSPS) is 11.5. The highest BCUT2D eigenvalue weighted by atomic mass is 19.1. The number of aromatic nitrogens is 3. The number of hydrogen-bond donors (Lipinski definition) is 1. The number of rotatable bonds is 9. The van der Waals surface area contributed by atoms with Gasteiger partial charge in [0.15, 0.2) is 5.65 Å². The largest absolute Gasteiger partial charge is 0.497 e. The number of pyridine rings is 1. The van der Waals surface area contributed by atoms with Crippen molar-refractivity contribution in [2.45, 2.75) is 52.9 Å². The number of nitrogens with one attached hydrogen (secondary N) is 1. The van der Waals surface area contributed by atoms with Gasteiger partial charge in [0, 0.05) is 41.5 Å². The Kier molecular flexibility index (Phi) is 8.40. The first-order valence-corrected chi connectivity index (χ1v) is 12.9. The lowest BCUT2D eigenvalue weighted by atomic mass is 10.0. The highest BCUT2D eigenvalue weighted by molar-refractivity contribution is 5.83. The molecule has 0 saturated heterocycles. The van der Waals surface area contributed by atoms with E-state index in [2.05, 4.69) is 34.0 Å². The van der Waals surface area contributed by atoms with Crippen LogP contribution < -0.4 is 15.6 Å². The van der Waals surface area contributed by atoms with E-state index in [1.165, 1.54) is 16.8 Å². The fraction of sp³-hybridized carbons (Fsp3) is 0.333. The second-order valence-corrected chi connectivity index (χ2v) is 10.2. The number of methoxy groups -OCH3 is 1. The van der Waals surface area contributed by atoms with Gasteiger partial charge >= 0.3 is 0 Å². The fourth-order valence-electron chi connectivity index (χ4n) is 4.26. The van der Waals surface area contributed by atoms with Crippen LogP contribution in [0.3, 0.4) is 0 Å². The number of carbonyl (C=O) groups excluding carboxylic acids is 1. The van der Waals surface area contributed by atoms with Crippen LogP contribution in [0.25, 0.3) is 33.5 Å². The monoisotopic (exact) mass is 531 g/mol. The number of benzene rings is 2. The van der Waals surface area contributed by atoms with E-state index in [0.29, 0.717) is 35.0 Å². The molecule has 0 aliphatic rings. The Balaban J connectivity index is 1.86. The lowest BCUT2D eigenvalue weighted by molar-refractivity contribution is -0.122. The molecular formula is C30H34FN5O3. The smallest absolute Gasteiger partial charge is 0.263 e. The third-order valence-corrected chi connectivity index (χ3v) is 6.54. The van der Waals surface area contributed by atoms with Crippen LogP contribution >= 0.6 is 0 Å². The molecule has 4 rings (SSSR count). The second kappa shape index (κ2) is 11.7. The molecular weight excluding hydrogens is 497 g/mol. The number of amides is 1. The number of fused-ring (bicyclic) bond motifs is 1. The van der Waals surface area contributed by atoms with Crippen molar-refractivity contribution in [2.24, 2.45) is 0 Å². The third kappa shape index (κ3) is 6.31. The number of hydrogen-bond acceptors (Lipinski definition) is 6. The molecule has 0 bridgehead atoms. The fourth-order valence-corrected chi connectivity index (χ4v) is 4.26. The maximum Gasteiger partial charge on any atom is 0.263 e. The Bertz CT molecular complexity index is 1560. The van der Waals surface area contributed by atoms with Crippen LogP contribution in [-0.2, 0) is 17.9 Å². The zero-order chi connectivity index (χ0) is 28.3. The molecule has 9 heteroatoms. The zero-order valence-electron chi connectivity index (χ0n) is 23.2. The topological polar surface area (TPSA) is 89.4 Å². The molecule has 2 aromatic carbocycles. The molecule has 1 N–H and O–H groups in total. The summed E-state index contributed by atoms with van der Waals surface area (Å²) in [6.45, 7) is 8.30. The van der Waals surface area contributed by atoms with E-state index in [-0.39, 0.29) is 35.4 Å². The first-order valence-electron chi connectivity index (χ1n) is 12.9. The molecule has 0 aliphatic heterocycles. The van der Waals surface area contributed by atoms with Gasteiger partial charge in [-0.15, -0.1) is 0 Å². The van der Waals surface area contributed by atoms with Crippen LogP contribution in [-0.4, -0.2) is 51.6 Å². The lowest BCUT2D eigenvalue weighted by Gasteiger charge is -2.21. The van der Waals surface area contributed by atoms with Gasteiger partial charge in [0.25, 0.3) is 5.56 Å². The zero-order valence-corrected chi connectivity index (χ0v) is 23.2. The van der Waals surface area contributed by atoms with E-state index in [0.717, 1.165) is 5.56 Å². The van der Waals surface area contributed by atoms with Crippen LogP contribution in [0.5, 0.6) is 5.75 Å². The molecule has 0 atom stereocenters. The minimum absolute atomic E-state index is 0.0971. The van der Waals surface area contributed by atoms with Crippen molar-refractivity contribution in [3.63, 3.8) is 0 Å². The maximum absolute atomic E-state index is 15.0. The first-order chi connectivity index (χ1) is 18.6. The average Bonchev–Trinajstić information content (AvgIpc) is 2.90. The molecule has 0 aliphatic carbocycles. The van der Waals surface area contributed by atoms with Crippen molar-refractivity contribution in [2.75, 3.05) is 14.2 Å². The minimum atomic E-state index is -0.442. The quantitative estimate of drug-likeness (QED) is 0.339. The van der Waals surface area contributed by atoms with Crippen molar-refractivity contribution in [1.82, 2.24) is 24.8 Å². The number of ether oxygens (including phenoxy) is 1. The molecule has 0 fully saturated rings. The minimum Gasteiger partial charge on any atom is -0.497 e. The van der Waals surface area contributed by atoms with Crippen LogP contribution in [0.4, 0.5) is 4.39 Å². The summed E-state index contributed by atoms with van der Waals surface area (Å²) in [5.41, 5.74) is 2.11. The summed E-state index contributed by atoms with van der Waals surface area (Å²) in [4.78, 5) is 37.8. The third-order valence-electron chi connectivity index (χ3n) is 6.54. The molecule has 39 heavy (non-hydrogen) atoms. The molecule has 1 amide bonds. The summed E-state index contributed by atoms with van der Waals surface area (Å²) in [5.74, 6) is 0.136. The van der Waals surface area contributed by atoms with Crippen LogP contribution in [0.15, 0.2) is 59.5 Å². The molecule has 0 unspecified atom stereocenters. The van der Waals surface area contributed by atoms with Gasteiger partial charge in [0.1, 0.15) is 23.9 Å². The van der Waals surface area contributed by atoms with Crippen LogP contribution in [0.2, 0.25) is 0 Å². The highest BCUT2D eigenvalue weighted by Crippen LogP contribution is 2.27. The number of carbonyl (C=O) groups is 1. The average molecular weight is 532 g/mol. The molecule has 0 spiro atoms. The Morgan fingerprint density at radius 3 is 2.56 bits per heavy atom. The summed E-state index contributed by atoms with van der Waals surface area (Å²) in [6.07, 6.45) is 1.52. The van der Waals surface area contributed by atoms with Gasteiger partial charge in [0.05, 0.1) is 12.5 Å². The van der Waals surface area contributed by atoms with Crippen molar-refractivity contribution >= 4 is 16.9 Å². The van der Waals surface area contributed by atoms with Gasteiger partial charge in [0.2, 0.25) is 5.91 Å². The van der Waals surface area contributed by atoms with Gasteiger partial charge in [-0.3, -0.25) is 19.1 Å². The SMILES string of the molecule is COc1cccc(-c2nc3ncc(-c4cc(CN(C)C(C)C)ccc4F)cc3c(=O)n2CC(=O)NC(C)C)c1. The van der Waals surface area contributed by atoms with E-state index < -0.39 is 11.4 Å². The lowest BCUT2D eigenvalue weighted by Crippen LogP contribution is -2.37. The van der Waals surface area contributed by atoms with Crippen molar-refractivity contribution in [1.29, 1.82) is 0 Å². The van der Waals surface area contributed by atoms with Gasteiger partial charge in [-0.2, -0.15) is 0 Å². The summed E-state index contributed by atoms with van der Waals surface area (Å²) in [6, 6.07) is 13.9. The molecule has 4 aromatic rings. The Morgan fingerprint density at radius 1 is 1.10 bits per heavy atom. The standard InChI is InChI=1S/C30H34FN5O3/c1-18(2)33-27(37)17-36-29(21-8-7-9-23(13-21)39-6)34-28-25(30(36)38)14-22(15-32-28)24-12-20(10-11-26(24)31)16-35(5)19(3)4/h7-15,18-19H,16-17H2,1-6H3,(H,33,37). The highest BCUT2D eigenvalue weighted by Gasteiger charge is 2.19. The van der Waals surface area contributed by atoms with E-state index in [9.17, 15) is 14.0 Å². The molecule has 0 radical (unpaired) electrons. The summed E-state index contributed by atoms with van der Waals surface area (Å²) in [7, 11) is 3.56. The van der Waals surface area contributed by atoms with E-state index in [1.54, 1.807) is 49.6 Å². The van der Waals surface area contributed by atoms with Crippen molar-refractivity contribution in [3.05, 3.63) is 76.5 Å². The van der Waals surface area contributed by atoms with Crippen molar-refractivity contribution < 1.29 is 13.9 Å². The Morgan fingerprint density at radius 2 is 1.87 bits per heavy atom. The van der Waals surface area contributed by atoms with Crippen molar-refractivity contribution in [3.8, 4) is 28.3 Å². The second-order valence-electron chi connectivity index (χ2n) is 10.2. The number of halogens is 1. The molecule has 0 saturated carbocycles. The molecule has 204 valence electrons. The molecule has 2 aromatic heterocycles. The Hall–Kier alpha value is -4.11. The van der Waals surface area contributed by atoms with Gasteiger partial charge < -0.3 is 10.1 Å². The van der Waals surface area contributed by atoms with Gasteiger partial charge in [-0.05, 0) is 70.6 Å². The Labute approximate surface area is 227 Å². The summed E-state index contributed by atoms with van der Waals surface area (Å²) < 4.78 is 21.6. The van der Waals surface area contributed by atoms with E-state index >= 15 is 0 Å². The summed E-state index contributed by atoms with van der Waals surface area (Å²) in [5, 5.41) is 3.02. The van der Waals surface area contributed by atoms with Crippen LogP contribution in [0, 0.1) is 5.82 Å². The van der Waals surface area contributed by atoms with E-state index in [1.807, 2.05) is 20.9 Å². The van der Waals surface area contributed by atoms with Gasteiger partial charge in [-0.25, -0.2) is 14.4 Å². The predicted octanol–water partition coefficient (Wildman–Crippen LogP) is 4.64. The summed E-state index contributed by atoms with van der Waals surface area (Å²) >= 11 is 0. The first kappa shape index (κ1) is 27.9.